The molecule has 1 saturated heterocycles. The number of hydrogen-bond acceptors (Lipinski definition) is 6. The Hall–Kier alpha value is -3.03. The number of nitrogens with one attached hydrogen (secondary N) is 1. The normalized spacial score (nSPS) is 15.6. The molecule has 1 aliphatic heterocycles. The Balaban J connectivity index is 1.40. The Morgan fingerprint density at radius 2 is 2.00 bits per heavy atom. The van der Waals surface area contributed by atoms with Crippen LogP contribution in [0.3, 0.4) is 0 Å². The third-order valence-electron chi connectivity index (χ3n) is 4.23. The molecule has 4 heterocycles. The molecule has 3 aromatic rings. The summed E-state index contributed by atoms with van der Waals surface area (Å²) in [5, 5.41) is 7.28. The molecule has 24 heavy (non-hydrogen) atoms. The van der Waals surface area contributed by atoms with Crippen molar-refractivity contribution in [2.45, 2.75) is 18.9 Å². The maximum Gasteiger partial charge on any atom is 0.271 e. The zero-order valence-electron chi connectivity index (χ0n) is 13.0. The molecule has 0 aromatic carbocycles. The summed E-state index contributed by atoms with van der Waals surface area (Å²) in [5.41, 5.74) is 1.35. The van der Waals surface area contributed by atoms with Gasteiger partial charge in [0.25, 0.3) is 5.91 Å². The number of amides is 1. The third-order valence-corrected chi connectivity index (χ3v) is 4.23. The summed E-state index contributed by atoms with van der Waals surface area (Å²) in [6, 6.07) is 2.10. The van der Waals surface area contributed by atoms with Crippen LogP contribution in [-0.4, -0.2) is 49.6 Å². The zero-order chi connectivity index (χ0) is 16.4. The molecule has 0 aliphatic carbocycles. The predicted molar refractivity (Wildman–Crippen MR) is 87.7 cm³/mol. The predicted octanol–water partition coefficient (Wildman–Crippen LogP) is 0.918. The first-order chi connectivity index (χ1) is 11.8. The summed E-state index contributed by atoms with van der Waals surface area (Å²) in [7, 11) is 0. The van der Waals surface area contributed by atoms with Crippen molar-refractivity contribution in [1.82, 2.24) is 29.9 Å². The second-order valence-electron chi connectivity index (χ2n) is 5.74. The number of carbonyl (C=O) groups is 1. The largest absolute Gasteiger partial charge is 0.355 e. The molecule has 1 aliphatic rings. The molecule has 1 N–H and O–H groups in total. The molecule has 0 saturated carbocycles. The van der Waals surface area contributed by atoms with Gasteiger partial charge < -0.3 is 10.2 Å². The number of piperidine rings is 1. The van der Waals surface area contributed by atoms with Crippen molar-refractivity contribution >= 4 is 17.2 Å². The monoisotopic (exact) mass is 323 g/mol. The van der Waals surface area contributed by atoms with E-state index in [-0.39, 0.29) is 11.9 Å². The van der Waals surface area contributed by atoms with E-state index >= 15 is 0 Å². The van der Waals surface area contributed by atoms with Gasteiger partial charge in [-0.05, 0) is 18.9 Å². The fourth-order valence-electron chi connectivity index (χ4n) is 3.00. The fourth-order valence-corrected chi connectivity index (χ4v) is 3.00. The van der Waals surface area contributed by atoms with Gasteiger partial charge in [0, 0.05) is 43.9 Å². The topological polar surface area (TPSA) is 88.3 Å². The Morgan fingerprint density at radius 1 is 1.12 bits per heavy atom. The number of nitrogens with zero attached hydrogens (tertiary/aromatic N) is 6. The Morgan fingerprint density at radius 3 is 2.79 bits per heavy atom. The summed E-state index contributed by atoms with van der Waals surface area (Å²) in [5.74, 6) is 0.770. The summed E-state index contributed by atoms with van der Waals surface area (Å²) in [6.45, 7) is 1.67. The van der Waals surface area contributed by atoms with Gasteiger partial charge in [-0.1, -0.05) is 0 Å². The van der Waals surface area contributed by atoms with Gasteiger partial charge in [-0.2, -0.15) is 5.10 Å². The maximum absolute atomic E-state index is 12.2. The van der Waals surface area contributed by atoms with Crippen LogP contribution in [0, 0.1) is 0 Å². The number of aromatic nitrogens is 5. The van der Waals surface area contributed by atoms with Crippen LogP contribution in [0.1, 0.15) is 23.3 Å². The standard InChI is InChI=1S/C16H17N7O/c24-16(13-11-17-5-6-18-13)21-12-2-8-22(9-3-12)15-14-1-4-20-23(14)10-7-19-15/h1,4-7,10-12H,2-3,8-9H2,(H,21,24). The minimum atomic E-state index is -0.169. The van der Waals surface area contributed by atoms with E-state index in [0.29, 0.717) is 5.69 Å². The van der Waals surface area contributed by atoms with Gasteiger partial charge >= 0.3 is 0 Å². The van der Waals surface area contributed by atoms with Crippen molar-refractivity contribution in [3.8, 4) is 0 Å². The molecule has 3 aromatic heterocycles. The highest BCUT2D eigenvalue weighted by Crippen LogP contribution is 2.22. The molecule has 0 unspecified atom stereocenters. The van der Waals surface area contributed by atoms with Crippen molar-refractivity contribution in [2.75, 3.05) is 18.0 Å². The molecule has 0 atom stereocenters. The highest BCUT2D eigenvalue weighted by molar-refractivity contribution is 5.92. The number of fused-ring (bicyclic) bond motifs is 1. The molecular formula is C16H17N7O. The van der Waals surface area contributed by atoms with Crippen molar-refractivity contribution < 1.29 is 4.79 Å². The quantitative estimate of drug-likeness (QED) is 0.771. The minimum absolute atomic E-state index is 0.139. The second-order valence-corrected chi connectivity index (χ2v) is 5.74. The van der Waals surface area contributed by atoms with E-state index in [2.05, 4.69) is 30.3 Å². The van der Waals surface area contributed by atoms with Crippen LogP contribution in [0.5, 0.6) is 0 Å². The first-order valence-corrected chi connectivity index (χ1v) is 7.91. The fraction of sp³-hybridized carbons (Fsp3) is 0.312. The average Bonchev–Trinajstić information content (AvgIpc) is 3.12. The molecule has 122 valence electrons. The van der Waals surface area contributed by atoms with E-state index in [1.54, 1.807) is 18.6 Å². The second kappa shape index (κ2) is 6.23. The van der Waals surface area contributed by atoms with E-state index in [1.165, 1.54) is 12.4 Å². The smallest absolute Gasteiger partial charge is 0.271 e. The number of carbonyl (C=O) groups excluding carboxylic acids is 1. The lowest BCUT2D eigenvalue weighted by molar-refractivity contribution is 0.0925. The number of rotatable bonds is 3. The van der Waals surface area contributed by atoms with Gasteiger partial charge in [0.15, 0.2) is 5.82 Å². The zero-order valence-corrected chi connectivity index (χ0v) is 13.0. The van der Waals surface area contributed by atoms with Gasteiger partial charge in [0.1, 0.15) is 11.2 Å². The van der Waals surface area contributed by atoms with E-state index in [1.807, 2.05) is 16.8 Å². The summed E-state index contributed by atoms with van der Waals surface area (Å²) in [4.78, 5) is 26.8. The lowest BCUT2D eigenvalue weighted by Crippen LogP contribution is -2.45. The van der Waals surface area contributed by atoms with Crippen LogP contribution in [0.25, 0.3) is 5.52 Å². The molecule has 0 spiro atoms. The molecule has 0 bridgehead atoms. The lowest BCUT2D eigenvalue weighted by atomic mass is 10.0. The molecular weight excluding hydrogens is 306 g/mol. The Kier molecular flexibility index (Phi) is 3.78. The SMILES string of the molecule is O=C(NC1CCN(c2nccn3nccc23)CC1)c1cnccn1. The maximum atomic E-state index is 12.2. The van der Waals surface area contributed by atoms with Crippen molar-refractivity contribution in [2.24, 2.45) is 0 Å². The third kappa shape index (κ3) is 2.78. The van der Waals surface area contributed by atoms with Gasteiger partial charge in [-0.25, -0.2) is 14.5 Å². The van der Waals surface area contributed by atoms with Gasteiger partial charge in [-0.15, -0.1) is 0 Å². The van der Waals surface area contributed by atoms with Crippen molar-refractivity contribution in [1.29, 1.82) is 0 Å². The number of hydrogen-bond donors (Lipinski definition) is 1. The van der Waals surface area contributed by atoms with E-state index in [4.69, 9.17) is 0 Å². The van der Waals surface area contributed by atoms with Crippen LogP contribution < -0.4 is 10.2 Å². The molecule has 0 radical (unpaired) electrons. The van der Waals surface area contributed by atoms with Gasteiger partial charge in [0.2, 0.25) is 0 Å². The van der Waals surface area contributed by atoms with Gasteiger partial charge in [0.05, 0.1) is 12.4 Å². The van der Waals surface area contributed by atoms with E-state index < -0.39 is 0 Å². The van der Waals surface area contributed by atoms with Crippen LogP contribution in [-0.2, 0) is 0 Å². The summed E-state index contributed by atoms with van der Waals surface area (Å²) >= 11 is 0. The van der Waals surface area contributed by atoms with Gasteiger partial charge in [-0.3, -0.25) is 9.78 Å². The van der Waals surface area contributed by atoms with E-state index in [9.17, 15) is 4.79 Å². The molecule has 1 fully saturated rings. The molecule has 8 nitrogen and oxygen atoms in total. The first kappa shape index (κ1) is 14.6. The van der Waals surface area contributed by atoms with Crippen LogP contribution in [0.2, 0.25) is 0 Å². The first-order valence-electron chi connectivity index (χ1n) is 7.91. The van der Waals surface area contributed by atoms with Crippen LogP contribution >= 0.6 is 0 Å². The molecule has 4 rings (SSSR count). The lowest BCUT2D eigenvalue weighted by Gasteiger charge is -2.33. The minimum Gasteiger partial charge on any atom is -0.355 e. The highest BCUT2D eigenvalue weighted by atomic mass is 16.1. The molecule has 8 heteroatoms. The highest BCUT2D eigenvalue weighted by Gasteiger charge is 2.23. The van der Waals surface area contributed by atoms with Crippen molar-refractivity contribution in [3.05, 3.63) is 48.9 Å². The average molecular weight is 323 g/mol. The van der Waals surface area contributed by atoms with Crippen LogP contribution in [0.4, 0.5) is 5.82 Å². The Labute approximate surface area is 138 Å². The van der Waals surface area contributed by atoms with Crippen LogP contribution in [0.15, 0.2) is 43.2 Å². The van der Waals surface area contributed by atoms with Crippen molar-refractivity contribution in [3.63, 3.8) is 0 Å². The summed E-state index contributed by atoms with van der Waals surface area (Å²) in [6.07, 6.45) is 11.7. The number of anilines is 1. The summed E-state index contributed by atoms with van der Waals surface area (Å²) < 4.78 is 1.82. The van der Waals surface area contributed by atoms with E-state index in [0.717, 1.165) is 37.3 Å². The molecule has 1 amide bonds. The Bertz CT molecular complexity index is 840.